The molecule has 2 fully saturated rings. The van der Waals surface area contributed by atoms with Gasteiger partial charge in [-0.2, -0.15) is 5.26 Å². The van der Waals surface area contributed by atoms with Crippen molar-refractivity contribution in [3.63, 3.8) is 0 Å². The second-order valence-corrected chi connectivity index (χ2v) is 9.61. The first-order valence-electron chi connectivity index (χ1n) is 12.4. The quantitative estimate of drug-likeness (QED) is 0.548. The fourth-order valence-corrected chi connectivity index (χ4v) is 5.60. The van der Waals surface area contributed by atoms with Crippen LogP contribution in [0.1, 0.15) is 42.9 Å². The van der Waals surface area contributed by atoms with Crippen LogP contribution >= 0.6 is 0 Å². The fraction of sp³-hybridized carbons (Fsp3) is 0.444. The number of carbonyl (C=O) groups is 1. The second-order valence-electron chi connectivity index (χ2n) is 9.61. The van der Waals surface area contributed by atoms with E-state index < -0.39 is 5.82 Å². The van der Waals surface area contributed by atoms with E-state index in [2.05, 4.69) is 20.9 Å². The highest BCUT2D eigenvalue weighted by molar-refractivity contribution is 5.98. The number of ether oxygens (including phenoxy) is 1. The van der Waals surface area contributed by atoms with Gasteiger partial charge in [-0.1, -0.05) is 0 Å². The number of likely N-dealkylation sites (tertiary alicyclic amines) is 2. The Bertz CT molecular complexity index is 1310. The summed E-state index contributed by atoms with van der Waals surface area (Å²) in [6, 6.07) is 8.45. The van der Waals surface area contributed by atoms with Crippen molar-refractivity contribution in [2.45, 2.75) is 37.6 Å². The first-order valence-corrected chi connectivity index (χ1v) is 12.4. The number of hydrogen-bond acceptors (Lipinski definition) is 6. The summed E-state index contributed by atoms with van der Waals surface area (Å²) in [7, 11) is 1.52. The molecule has 188 valence electrons. The molecule has 2 aliphatic heterocycles. The topological polar surface area (TPSA) is 105 Å². The van der Waals surface area contributed by atoms with E-state index >= 15 is 0 Å². The third-order valence-electron chi connectivity index (χ3n) is 7.52. The lowest BCUT2D eigenvalue weighted by Gasteiger charge is -2.33. The number of methoxy groups -OCH3 is 1. The van der Waals surface area contributed by atoms with Gasteiger partial charge < -0.3 is 19.7 Å². The molecule has 0 aliphatic carbocycles. The Balaban J connectivity index is 1.36. The molecule has 5 rings (SSSR count). The molecule has 1 amide bonds. The molecule has 36 heavy (non-hydrogen) atoms. The number of halogens is 1. The minimum absolute atomic E-state index is 0.0270. The summed E-state index contributed by atoms with van der Waals surface area (Å²) in [5.41, 5.74) is 3.15. The van der Waals surface area contributed by atoms with Crippen molar-refractivity contribution >= 4 is 16.9 Å². The highest BCUT2D eigenvalue weighted by Crippen LogP contribution is 2.39. The molecule has 0 unspecified atom stereocenters. The highest BCUT2D eigenvalue weighted by atomic mass is 19.1. The summed E-state index contributed by atoms with van der Waals surface area (Å²) in [4.78, 5) is 24.6. The minimum atomic E-state index is -0.406. The standard InChI is InChI=1S/C27H30FN5O3/c1-36-24-5-4-19(28)11-21(24)26-18(13-29)14-30-27-22(26)12-23(31-27)17-6-9-32(10-7-17)15-25(35)33-8-2-3-20(33)16-34/h4-5,11-12,14,17,20,34H,2-3,6-10,15-16H2,1H3,(H,30,31)/t20-/m0/s1. The van der Waals surface area contributed by atoms with Crippen LogP contribution in [0.15, 0.2) is 30.5 Å². The van der Waals surface area contributed by atoms with Gasteiger partial charge in [0.15, 0.2) is 0 Å². The maximum absolute atomic E-state index is 14.2. The number of aromatic amines is 1. The average molecular weight is 492 g/mol. The van der Waals surface area contributed by atoms with E-state index in [9.17, 15) is 19.6 Å². The van der Waals surface area contributed by atoms with Crippen LogP contribution in [0.4, 0.5) is 4.39 Å². The Labute approximate surface area is 209 Å². The molecule has 8 nitrogen and oxygen atoms in total. The van der Waals surface area contributed by atoms with Gasteiger partial charge in [-0.05, 0) is 63.0 Å². The third kappa shape index (κ3) is 4.54. The van der Waals surface area contributed by atoms with Crippen LogP contribution in [-0.4, -0.2) is 76.7 Å². The lowest BCUT2D eigenvalue weighted by atomic mass is 9.92. The molecule has 2 saturated heterocycles. The Morgan fingerprint density at radius 2 is 2.08 bits per heavy atom. The van der Waals surface area contributed by atoms with Gasteiger partial charge in [0.25, 0.3) is 0 Å². The van der Waals surface area contributed by atoms with Crippen LogP contribution in [0.25, 0.3) is 22.2 Å². The van der Waals surface area contributed by atoms with Gasteiger partial charge in [0.1, 0.15) is 23.3 Å². The molecular formula is C27H30FN5O3. The van der Waals surface area contributed by atoms with Crippen molar-refractivity contribution in [3.05, 3.63) is 47.5 Å². The number of nitrogens with zero attached hydrogens (tertiary/aromatic N) is 4. The van der Waals surface area contributed by atoms with E-state index in [4.69, 9.17) is 4.74 Å². The molecule has 1 aromatic carbocycles. The summed E-state index contributed by atoms with van der Waals surface area (Å²) in [6.07, 6.45) is 5.09. The molecule has 4 heterocycles. The first-order chi connectivity index (χ1) is 17.5. The molecule has 0 radical (unpaired) electrons. The summed E-state index contributed by atoms with van der Waals surface area (Å²) in [5.74, 6) is 0.437. The number of nitrogens with one attached hydrogen (secondary N) is 1. The molecule has 1 atom stereocenters. The van der Waals surface area contributed by atoms with Gasteiger partial charge >= 0.3 is 0 Å². The number of benzene rings is 1. The van der Waals surface area contributed by atoms with Gasteiger partial charge in [0.2, 0.25) is 5.91 Å². The minimum Gasteiger partial charge on any atom is -0.496 e. The number of rotatable bonds is 6. The van der Waals surface area contributed by atoms with E-state index in [1.165, 1.54) is 25.4 Å². The number of fused-ring (bicyclic) bond motifs is 1. The normalized spacial score (nSPS) is 19.1. The summed E-state index contributed by atoms with van der Waals surface area (Å²) in [6.45, 7) is 2.73. The van der Waals surface area contributed by atoms with E-state index in [1.807, 2.05) is 11.0 Å². The zero-order chi connectivity index (χ0) is 25.2. The second kappa shape index (κ2) is 10.2. The highest BCUT2D eigenvalue weighted by Gasteiger charge is 2.30. The number of H-pyrrole nitrogens is 1. The average Bonchev–Trinajstić information content (AvgIpc) is 3.55. The molecule has 2 aromatic heterocycles. The molecular weight excluding hydrogens is 461 g/mol. The van der Waals surface area contributed by atoms with Crippen LogP contribution in [0.5, 0.6) is 5.75 Å². The van der Waals surface area contributed by atoms with E-state index in [1.54, 1.807) is 6.07 Å². The first kappa shape index (κ1) is 24.2. The number of hydrogen-bond donors (Lipinski definition) is 2. The van der Waals surface area contributed by atoms with Crippen LogP contribution in [0.3, 0.4) is 0 Å². The smallest absolute Gasteiger partial charge is 0.237 e. The van der Waals surface area contributed by atoms with Crippen LogP contribution < -0.4 is 4.74 Å². The number of carbonyl (C=O) groups excluding carboxylic acids is 1. The molecule has 0 saturated carbocycles. The number of aromatic nitrogens is 2. The van der Waals surface area contributed by atoms with Crippen molar-refractivity contribution < 1.29 is 19.0 Å². The van der Waals surface area contributed by atoms with Crippen LogP contribution in [-0.2, 0) is 4.79 Å². The zero-order valence-electron chi connectivity index (χ0n) is 20.3. The van der Waals surface area contributed by atoms with Crippen LogP contribution in [0.2, 0.25) is 0 Å². The summed E-state index contributed by atoms with van der Waals surface area (Å²) in [5, 5.41) is 20.0. The predicted molar refractivity (Wildman–Crippen MR) is 133 cm³/mol. The molecule has 0 spiro atoms. The van der Waals surface area contributed by atoms with Crippen molar-refractivity contribution in [2.75, 3.05) is 39.9 Å². The fourth-order valence-electron chi connectivity index (χ4n) is 5.60. The van der Waals surface area contributed by atoms with E-state index in [0.717, 1.165) is 56.4 Å². The Hall–Kier alpha value is -3.48. The molecule has 3 aromatic rings. The number of pyridine rings is 1. The van der Waals surface area contributed by atoms with Crippen LogP contribution in [0, 0.1) is 17.1 Å². The van der Waals surface area contributed by atoms with Gasteiger partial charge in [-0.15, -0.1) is 0 Å². The third-order valence-corrected chi connectivity index (χ3v) is 7.52. The zero-order valence-corrected chi connectivity index (χ0v) is 20.3. The van der Waals surface area contributed by atoms with Gasteiger partial charge in [0.05, 0.1) is 31.9 Å². The Morgan fingerprint density at radius 3 is 2.81 bits per heavy atom. The largest absolute Gasteiger partial charge is 0.496 e. The SMILES string of the molecule is COc1ccc(F)cc1-c1c(C#N)cnc2[nH]c(C3CCN(CC(=O)N4CCC[C@H]4CO)CC3)cc12. The van der Waals surface area contributed by atoms with E-state index in [0.29, 0.717) is 34.6 Å². The summed E-state index contributed by atoms with van der Waals surface area (Å²) < 4.78 is 19.6. The van der Waals surface area contributed by atoms with Crippen molar-refractivity contribution in [1.29, 1.82) is 5.26 Å². The number of aliphatic hydroxyl groups is 1. The predicted octanol–water partition coefficient (Wildman–Crippen LogP) is 3.41. The number of aliphatic hydroxyl groups excluding tert-OH is 1. The molecule has 9 heteroatoms. The molecule has 2 N–H and O–H groups in total. The van der Waals surface area contributed by atoms with E-state index in [-0.39, 0.29) is 24.5 Å². The lowest BCUT2D eigenvalue weighted by molar-refractivity contribution is -0.134. The Morgan fingerprint density at radius 1 is 1.28 bits per heavy atom. The maximum Gasteiger partial charge on any atom is 0.237 e. The molecule has 0 bridgehead atoms. The number of piperidine rings is 1. The number of amides is 1. The monoisotopic (exact) mass is 491 g/mol. The number of nitriles is 1. The van der Waals surface area contributed by atoms with Crippen molar-refractivity contribution in [2.24, 2.45) is 0 Å². The Kier molecular flexibility index (Phi) is 6.90. The van der Waals surface area contributed by atoms with Crippen molar-refractivity contribution in [1.82, 2.24) is 19.8 Å². The summed E-state index contributed by atoms with van der Waals surface area (Å²) >= 11 is 0. The maximum atomic E-state index is 14.2. The van der Waals surface area contributed by atoms with Crippen molar-refractivity contribution in [3.8, 4) is 22.9 Å². The van der Waals surface area contributed by atoms with Gasteiger partial charge in [-0.25, -0.2) is 9.37 Å². The molecule has 2 aliphatic rings. The van der Waals surface area contributed by atoms with Gasteiger partial charge in [0, 0.05) is 40.9 Å². The lowest BCUT2D eigenvalue weighted by Crippen LogP contribution is -2.45. The van der Waals surface area contributed by atoms with Gasteiger partial charge in [-0.3, -0.25) is 9.69 Å².